The Balaban J connectivity index is 1.54. The smallest absolute Gasteiger partial charge is 0.0757 e. The lowest BCUT2D eigenvalue weighted by Gasteiger charge is -2.19. The highest BCUT2D eigenvalue weighted by Gasteiger charge is 2.40. The lowest BCUT2D eigenvalue weighted by molar-refractivity contribution is 0.0809. The van der Waals surface area contributed by atoms with Crippen LogP contribution in [0, 0.1) is 5.92 Å². The zero-order valence-corrected chi connectivity index (χ0v) is 10.6. The Bertz CT molecular complexity index is 374. The molecule has 0 bridgehead atoms. The zero-order valence-electron chi connectivity index (χ0n) is 9.86. The van der Waals surface area contributed by atoms with Gasteiger partial charge in [-0.1, -0.05) is 23.7 Å². The molecule has 2 fully saturated rings. The number of hydrogen-bond acceptors (Lipinski definition) is 2. The first-order valence-electron chi connectivity index (χ1n) is 6.42. The second-order valence-electron chi connectivity index (χ2n) is 5.08. The predicted octanol–water partition coefficient (Wildman–Crippen LogP) is 3.00. The van der Waals surface area contributed by atoms with Crippen molar-refractivity contribution >= 4 is 11.6 Å². The fourth-order valence-corrected chi connectivity index (χ4v) is 2.70. The Labute approximate surface area is 107 Å². The summed E-state index contributed by atoms with van der Waals surface area (Å²) in [7, 11) is 0. The van der Waals surface area contributed by atoms with Gasteiger partial charge in [0.25, 0.3) is 0 Å². The molecular weight excluding hydrogens is 234 g/mol. The molecule has 1 aromatic carbocycles. The summed E-state index contributed by atoms with van der Waals surface area (Å²) < 4.78 is 5.81. The van der Waals surface area contributed by atoms with Gasteiger partial charge in [-0.15, -0.1) is 0 Å². The molecule has 1 N–H and O–H groups in total. The topological polar surface area (TPSA) is 21.3 Å². The van der Waals surface area contributed by atoms with Gasteiger partial charge in [-0.25, -0.2) is 0 Å². The van der Waals surface area contributed by atoms with Crippen LogP contribution >= 0.6 is 11.6 Å². The lowest BCUT2D eigenvalue weighted by Crippen LogP contribution is -2.37. The van der Waals surface area contributed by atoms with Gasteiger partial charge in [-0.3, -0.25) is 0 Å². The molecule has 2 unspecified atom stereocenters. The molecule has 1 saturated carbocycles. The minimum atomic E-state index is 0.460. The Hall–Kier alpha value is -0.570. The quantitative estimate of drug-likeness (QED) is 0.888. The van der Waals surface area contributed by atoms with Crippen molar-refractivity contribution in [2.45, 2.75) is 38.0 Å². The Morgan fingerprint density at radius 1 is 1.18 bits per heavy atom. The molecule has 92 valence electrons. The highest BCUT2D eigenvalue weighted by atomic mass is 35.5. The average molecular weight is 252 g/mol. The van der Waals surface area contributed by atoms with E-state index in [0.717, 1.165) is 30.5 Å². The summed E-state index contributed by atoms with van der Waals surface area (Å²) >= 11 is 5.87. The number of hydrogen-bond donors (Lipinski definition) is 1. The Morgan fingerprint density at radius 3 is 2.65 bits per heavy atom. The van der Waals surface area contributed by atoms with E-state index in [1.54, 1.807) is 0 Å². The molecule has 2 aliphatic rings. The van der Waals surface area contributed by atoms with Crippen molar-refractivity contribution in [3.8, 4) is 0 Å². The van der Waals surface area contributed by atoms with Crippen LogP contribution in [0.4, 0.5) is 0 Å². The van der Waals surface area contributed by atoms with E-state index in [9.17, 15) is 0 Å². The number of halogens is 1. The molecule has 3 rings (SSSR count). The fourth-order valence-electron chi connectivity index (χ4n) is 2.57. The zero-order chi connectivity index (χ0) is 11.7. The normalized spacial score (nSPS) is 28.5. The lowest BCUT2D eigenvalue weighted by atomic mass is 10.1. The molecule has 1 heterocycles. The van der Waals surface area contributed by atoms with Crippen molar-refractivity contribution in [3.63, 3.8) is 0 Å². The Morgan fingerprint density at radius 2 is 1.94 bits per heavy atom. The summed E-state index contributed by atoms with van der Waals surface area (Å²) in [5, 5.41) is 4.42. The van der Waals surface area contributed by atoms with Crippen LogP contribution in [0.3, 0.4) is 0 Å². The van der Waals surface area contributed by atoms with Crippen LogP contribution in [0.1, 0.15) is 24.8 Å². The van der Waals surface area contributed by atoms with E-state index in [2.05, 4.69) is 17.4 Å². The SMILES string of the molecule is Clc1ccc(CNC2CCOC2C2CC2)cc1. The van der Waals surface area contributed by atoms with Crippen molar-refractivity contribution in [2.24, 2.45) is 5.92 Å². The maximum Gasteiger partial charge on any atom is 0.0757 e. The van der Waals surface area contributed by atoms with Gasteiger partial charge in [0.1, 0.15) is 0 Å². The minimum absolute atomic E-state index is 0.460. The third-order valence-corrected chi connectivity index (χ3v) is 3.96. The standard InChI is InChI=1S/C14H18ClNO/c15-12-5-1-10(2-6-12)9-16-13-7-8-17-14(13)11-3-4-11/h1-2,5-6,11,13-14,16H,3-4,7-9H2. The van der Waals surface area contributed by atoms with Gasteiger partial charge in [0.2, 0.25) is 0 Å². The van der Waals surface area contributed by atoms with Crippen molar-refractivity contribution in [1.82, 2.24) is 5.32 Å². The maximum absolute atomic E-state index is 5.87. The first-order valence-corrected chi connectivity index (χ1v) is 6.80. The molecule has 1 aliphatic heterocycles. The molecule has 0 radical (unpaired) electrons. The molecule has 2 nitrogen and oxygen atoms in total. The van der Waals surface area contributed by atoms with E-state index in [1.807, 2.05) is 12.1 Å². The third kappa shape index (κ3) is 2.82. The van der Waals surface area contributed by atoms with E-state index >= 15 is 0 Å². The number of ether oxygens (including phenoxy) is 1. The second kappa shape index (κ2) is 4.97. The van der Waals surface area contributed by atoms with Gasteiger partial charge >= 0.3 is 0 Å². The predicted molar refractivity (Wildman–Crippen MR) is 69.2 cm³/mol. The molecule has 0 amide bonds. The summed E-state index contributed by atoms with van der Waals surface area (Å²) in [5.74, 6) is 0.820. The number of nitrogens with one attached hydrogen (secondary N) is 1. The van der Waals surface area contributed by atoms with Crippen LogP contribution in [0.25, 0.3) is 0 Å². The molecular formula is C14H18ClNO. The minimum Gasteiger partial charge on any atom is -0.376 e. The molecule has 0 spiro atoms. The van der Waals surface area contributed by atoms with E-state index in [-0.39, 0.29) is 0 Å². The summed E-state index contributed by atoms with van der Waals surface area (Å²) in [6.45, 7) is 1.83. The molecule has 0 aromatic heterocycles. The van der Waals surface area contributed by atoms with Crippen molar-refractivity contribution in [1.29, 1.82) is 0 Å². The summed E-state index contributed by atoms with van der Waals surface area (Å²) in [5.41, 5.74) is 1.29. The van der Waals surface area contributed by atoms with Crippen LogP contribution < -0.4 is 5.32 Å². The van der Waals surface area contributed by atoms with E-state index in [1.165, 1.54) is 18.4 Å². The highest BCUT2D eigenvalue weighted by Crippen LogP contribution is 2.38. The van der Waals surface area contributed by atoms with Crippen molar-refractivity contribution < 1.29 is 4.74 Å². The van der Waals surface area contributed by atoms with Crippen molar-refractivity contribution in [3.05, 3.63) is 34.9 Å². The van der Waals surface area contributed by atoms with E-state index < -0.39 is 0 Å². The van der Waals surface area contributed by atoms with Gasteiger partial charge < -0.3 is 10.1 Å². The highest BCUT2D eigenvalue weighted by molar-refractivity contribution is 6.30. The second-order valence-corrected chi connectivity index (χ2v) is 5.51. The molecule has 1 aromatic rings. The average Bonchev–Trinajstić information content (AvgIpc) is 3.08. The first kappa shape index (κ1) is 11.5. The first-order chi connectivity index (χ1) is 8.33. The molecule has 1 saturated heterocycles. The van der Waals surface area contributed by atoms with Gasteiger partial charge in [0.05, 0.1) is 6.10 Å². The molecule has 3 heteroatoms. The van der Waals surface area contributed by atoms with Crippen LogP contribution in [-0.2, 0) is 11.3 Å². The van der Waals surface area contributed by atoms with Crippen LogP contribution in [0.15, 0.2) is 24.3 Å². The molecule has 2 atom stereocenters. The van der Waals surface area contributed by atoms with Crippen LogP contribution in [0.5, 0.6) is 0 Å². The van der Waals surface area contributed by atoms with Gasteiger partial charge in [0, 0.05) is 24.2 Å². The van der Waals surface area contributed by atoms with E-state index in [4.69, 9.17) is 16.3 Å². The summed E-state index contributed by atoms with van der Waals surface area (Å²) in [6, 6.07) is 8.59. The van der Waals surface area contributed by atoms with Crippen molar-refractivity contribution in [2.75, 3.05) is 6.61 Å². The summed E-state index contributed by atoms with van der Waals surface area (Å²) in [6.07, 6.45) is 4.31. The van der Waals surface area contributed by atoms with Gasteiger partial charge in [0.15, 0.2) is 0 Å². The Kier molecular flexibility index (Phi) is 3.37. The van der Waals surface area contributed by atoms with Gasteiger partial charge in [-0.05, 0) is 42.9 Å². The largest absolute Gasteiger partial charge is 0.376 e. The monoisotopic (exact) mass is 251 g/mol. The summed E-state index contributed by atoms with van der Waals surface area (Å²) in [4.78, 5) is 0. The fraction of sp³-hybridized carbons (Fsp3) is 0.571. The maximum atomic E-state index is 5.87. The van der Waals surface area contributed by atoms with Crippen LogP contribution in [-0.4, -0.2) is 18.8 Å². The number of benzene rings is 1. The van der Waals surface area contributed by atoms with Crippen LogP contribution in [0.2, 0.25) is 5.02 Å². The van der Waals surface area contributed by atoms with E-state index in [0.29, 0.717) is 12.1 Å². The molecule has 17 heavy (non-hydrogen) atoms. The third-order valence-electron chi connectivity index (χ3n) is 3.70. The number of rotatable bonds is 4. The van der Waals surface area contributed by atoms with Gasteiger partial charge in [-0.2, -0.15) is 0 Å². The molecule has 1 aliphatic carbocycles.